The molecular weight excluding hydrogens is 312 g/mol. The van der Waals surface area contributed by atoms with Crippen molar-refractivity contribution < 1.29 is 13.9 Å². The van der Waals surface area contributed by atoms with Gasteiger partial charge in [0.15, 0.2) is 4.67 Å². The highest BCUT2D eigenvalue weighted by Crippen LogP contribution is 2.19. The van der Waals surface area contributed by atoms with Crippen molar-refractivity contribution >= 4 is 21.8 Å². The van der Waals surface area contributed by atoms with Gasteiger partial charge in [-0.15, -0.1) is 0 Å². The average Bonchev–Trinajstić information content (AvgIpc) is 2.86. The van der Waals surface area contributed by atoms with E-state index in [-0.39, 0.29) is 12.0 Å². The largest absolute Gasteiger partial charge is 0.457 e. The Morgan fingerprint density at radius 3 is 2.84 bits per heavy atom. The minimum Gasteiger partial charge on any atom is -0.457 e. The first-order valence-electron chi connectivity index (χ1n) is 6.55. The van der Waals surface area contributed by atoms with E-state index in [0.717, 1.165) is 32.4 Å². The molecule has 0 saturated carbocycles. The fraction of sp³-hybridized carbons (Fsp3) is 0.615. The van der Waals surface area contributed by atoms with E-state index in [1.54, 1.807) is 6.07 Å². The van der Waals surface area contributed by atoms with Crippen molar-refractivity contribution in [3.05, 3.63) is 22.6 Å². The number of rotatable bonds is 5. The normalized spacial score (nSPS) is 16.8. The summed E-state index contributed by atoms with van der Waals surface area (Å²) in [5, 5.41) is 0. The van der Waals surface area contributed by atoms with E-state index in [1.165, 1.54) is 6.26 Å². The Labute approximate surface area is 121 Å². The van der Waals surface area contributed by atoms with Crippen LogP contribution < -0.4 is 5.73 Å². The number of carbonyl (C=O) groups excluding carboxylic acids is 1. The predicted octanol–water partition coefficient (Wildman–Crippen LogP) is 2.01. The molecule has 2 rings (SSSR count). The van der Waals surface area contributed by atoms with Gasteiger partial charge in [0.1, 0.15) is 6.26 Å². The fourth-order valence-corrected chi connectivity index (χ4v) is 2.50. The van der Waals surface area contributed by atoms with Gasteiger partial charge in [0.05, 0.1) is 11.7 Å². The highest BCUT2D eigenvalue weighted by atomic mass is 79.9. The van der Waals surface area contributed by atoms with E-state index in [4.69, 9.17) is 14.9 Å². The zero-order valence-corrected chi connectivity index (χ0v) is 12.4. The van der Waals surface area contributed by atoms with Gasteiger partial charge in [0, 0.05) is 25.8 Å². The Bertz CT molecular complexity index is 414. The van der Waals surface area contributed by atoms with Gasteiger partial charge in [-0.1, -0.05) is 0 Å². The van der Waals surface area contributed by atoms with Crippen LogP contribution in [0.4, 0.5) is 0 Å². The average molecular weight is 331 g/mol. The van der Waals surface area contributed by atoms with Crippen LogP contribution in [0.15, 0.2) is 21.4 Å². The minimum absolute atomic E-state index is 0.0230. The van der Waals surface area contributed by atoms with Gasteiger partial charge < -0.3 is 19.8 Å². The molecule has 1 saturated heterocycles. The second kappa shape index (κ2) is 7.07. The number of hydrogen-bond acceptors (Lipinski definition) is 4. The van der Waals surface area contributed by atoms with E-state index >= 15 is 0 Å². The molecule has 1 aromatic heterocycles. The maximum Gasteiger partial charge on any atom is 0.257 e. The lowest BCUT2D eigenvalue weighted by atomic mass is 10.1. The molecule has 0 spiro atoms. The van der Waals surface area contributed by atoms with Crippen LogP contribution in [0.25, 0.3) is 0 Å². The van der Waals surface area contributed by atoms with E-state index < -0.39 is 0 Å². The Hall–Kier alpha value is -0.850. The highest BCUT2D eigenvalue weighted by Gasteiger charge is 2.24. The summed E-state index contributed by atoms with van der Waals surface area (Å²) in [6.45, 7) is 2.83. The van der Waals surface area contributed by atoms with E-state index in [9.17, 15) is 4.79 Å². The number of ether oxygens (including phenoxy) is 1. The van der Waals surface area contributed by atoms with Crippen LogP contribution in [0.5, 0.6) is 0 Å². The van der Waals surface area contributed by atoms with Crippen LogP contribution in [0.1, 0.15) is 29.6 Å². The van der Waals surface area contributed by atoms with Gasteiger partial charge in [-0.05, 0) is 41.7 Å². The quantitative estimate of drug-likeness (QED) is 0.838. The maximum absolute atomic E-state index is 12.2. The summed E-state index contributed by atoms with van der Waals surface area (Å²) in [7, 11) is 0. The third kappa shape index (κ3) is 4.06. The lowest BCUT2D eigenvalue weighted by Crippen LogP contribution is -2.40. The SMILES string of the molecule is NCCCOC1CCN(C(=O)c2coc(Br)c2)CC1. The standard InChI is InChI=1S/C13H19BrN2O3/c14-12-8-10(9-19-12)13(17)16-5-2-11(3-6-16)18-7-1-4-15/h8-9,11H,1-7,15H2. The van der Waals surface area contributed by atoms with Crippen molar-refractivity contribution in [2.75, 3.05) is 26.2 Å². The third-order valence-corrected chi connectivity index (χ3v) is 3.66. The van der Waals surface area contributed by atoms with Gasteiger partial charge in [0.25, 0.3) is 5.91 Å². The molecule has 1 amide bonds. The van der Waals surface area contributed by atoms with Gasteiger partial charge in [-0.25, -0.2) is 0 Å². The molecule has 0 aliphatic carbocycles. The summed E-state index contributed by atoms with van der Waals surface area (Å²) in [5.74, 6) is 0.0230. The van der Waals surface area contributed by atoms with Crippen LogP contribution in [0, 0.1) is 0 Å². The monoisotopic (exact) mass is 330 g/mol. The van der Waals surface area contributed by atoms with Gasteiger partial charge in [0.2, 0.25) is 0 Å². The summed E-state index contributed by atoms with van der Waals surface area (Å²) < 4.78 is 11.4. The molecule has 0 unspecified atom stereocenters. The molecule has 2 heterocycles. The van der Waals surface area contributed by atoms with Crippen LogP contribution in [-0.2, 0) is 4.74 Å². The van der Waals surface area contributed by atoms with Gasteiger partial charge >= 0.3 is 0 Å². The molecule has 1 aliphatic heterocycles. The summed E-state index contributed by atoms with van der Waals surface area (Å²) in [6.07, 6.45) is 4.40. The number of piperidine rings is 1. The van der Waals surface area contributed by atoms with Gasteiger partial charge in [-0.3, -0.25) is 4.79 Å². The third-order valence-electron chi connectivity index (χ3n) is 3.25. The number of amides is 1. The van der Waals surface area contributed by atoms with Crippen molar-refractivity contribution in [3.63, 3.8) is 0 Å². The summed E-state index contributed by atoms with van der Waals surface area (Å²) >= 11 is 3.20. The van der Waals surface area contributed by atoms with E-state index in [1.807, 2.05) is 4.90 Å². The first-order chi connectivity index (χ1) is 9.20. The summed E-state index contributed by atoms with van der Waals surface area (Å²) in [4.78, 5) is 14.0. The first-order valence-corrected chi connectivity index (χ1v) is 7.35. The molecule has 0 aromatic carbocycles. The highest BCUT2D eigenvalue weighted by molar-refractivity contribution is 9.10. The molecular formula is C13H19BrN2O3. The lowest BCUT2D eigenvalue weighted by molar-refractivity contribution is 0.00843. The molecule has 5 nitrogen and oxygen atoms in total. The predicted molar refractivity (Wildman–Crippen MR) is 75.0 cm³/mol. The Morgan fingerprint density at radius 2 is 2.26 bits per heavy atom. The van der Waals surface area contributed by atoms with Crippen molar-refractivity contribution in [1.29, 1.82) is 0 Å². The molecule has 2 N–H and O–H groups in total. The molecule has 6 heteroatoms. The smallest absolute Gasteiger partial charge is 0.257 e. The Kier molecular flexibility index (Phi) is 5.42. The fourth-order valence-electron chi connectivity index (χ4n) is 2.16. The Morgan fingerprint density at radius 1 is 1.53 bits per heavy atom. The Balaban J connectivity index is 1.78. The zero-order valence-electron chi connectivity index (χ0n) is 10.8. The van der Waals surface area contributed by atoms with Crippen molar-refractivity contribution in [2.24, 2.45) is 5.73 Å². The number of furan rings is 1. The number of halogens is 1. The van der Waals surface area contributed by atoms with Crippen LogP contribution in [0.2, 0.25) is 0 Å². The minimum atomic E-state index is 0.0230. The summed E-state index contributed by atoms with van der Waals surface area (Å²) in [5.41, 5.74) is 6.02. The molecule has 1 fully saturated rings. The van der Waals surface area contributed by atoms with Gasteiger partial charge in [-0.2, -0.15) is 0 Å². The van der Waals surface area contributed by atoms with Crippen molar-refractivity contribution in [1.82, 2.24) is 4.90 Å². The maximum atomic E-state index is 12.2. The van der Waals surface area contributed by atoms with Crippen LogP contribution in [0.3, 0.4) is 0 Å². The van der Waals surface area contributed by atoms with Crippen molar-refractivity contribution in [2.45, 2.75) is 25.4 Å². The second-order valence-corrected chi connectivity index (χ2v) is 5.43. The molecule has 1 aromatic rings. The molecule has 1 aliphatic rings. The molecule has 19 heavy (non-hydrogen) atoms. The van der Waals surface area contributed by atoms with E-state index in [0.29, 0.717) is 23.4 Å². The zero-order chi connectivity index (χ0) is 13.7. The molecule has 0 radical (unpaired) electrons. The first kappa shape index (κ1) is 14.6. The molecule has 0 bridgehead atoms. The van der Waals surface area contributed by atoms with Crippen molar-refractivity contribution in [3.8, 4) is 0 Å². The molecule has 106 valence electrons. The second-order valence-electron chi connectivity index (χ2n) is 4.64. The molecule has 0 atom stereocenters. The van der Waals surface area contributed by atoms with Crippen LogP contribution in [-0.4, -0.2) is 43.2 Å². The lowest BCUT2D eigenvalue weighted by Gasteiger charge is -2.31. The number of likely N-dealkylation sites (tertiary alicyclic amines) is 1. The number of hydrogen-bond donors (Lipinski definition) is 1. The summed E-state index contributed by atoms with van der Waals surface area (Å²) in [6, 6.07) is 1.70. The van der Waals surface area contributed by atoms with Crippen LogP contribution >= 0.6 is 15.9 Å². The topological polar surface area (TPSA) is 68.7 Å². The van der Waals surface area contributed by atoms with E-state index in [2.05, 4.69) is 15.9 Å². The number of nitrogens with two attached hydrogens (primary N) is 1. The number of nitrogens with zero attached hydrogens (tertiary/aromatic N) is 1. The number of carbonyl (C=O) groups is 1.